The average molecular weight is 397 g/mol. The lowest BCUT2D eigenvalue weighted by atomic mass is 10.1. The Hall–Kier alpha value is -2.56. The van der Waals surface area contributed by atoms with Gasteiger partial charge in [0.1, 0.15) is 6.61 Å². The van der Waals surface area contributed by atoms with E-state index in [1.165, 1.54) is 5.56 Å². The van der Waals surface area contributed by atoms with E-state index in [0.29, 0.717) is 42.8 Å². The molecule has 1 heterocycles. The van der Waals surface area contributed by atoms with Crippen molar-refractivity contribution in [3.8, 4) is 11.5 Å². The number of aryl methyl sites for hydroxylation is 1. The number of aromatic nitrogens is 1. The van der Waals surface area contributed by atoms with Crippen LogP contribution >= 0.6 is 11.6 Å². The number of rotatable bonds is 9. The van der Waals surface area contributed by atoms with E-state index in [2.05, 4.69) is 41.5 Å². The van der Waals surface area contributed by atoms with Crippen LogP contribution in [0.4, 0.5) is 0 Å². The van der Waals surface area contributed by atoms with E-state index in [0.717, 1.165) is 16.8 Å². The number of ether oxygens (including phenoxy) is 2. The zero-order valence-electron chi connectivity index (χ0n) is 16.2. The van der Waals surface area contributed by atoms with Gasteiger partial charge in [0, 0.05) is 30.4 Å². The maximum atomic E-state index is 6.49. The topological polar surface area (TPSA) is 43.4 Å². The molecule has 0 amide bonds. The first-order valence-electron chi connectivity index (χ1n) is 9.40. The molecule has 0 unspecified atom stereocenters. The quantitative estimate of drug-likeness (QED) is 0.532. The summed E-state index contributed by atoms with van der Waals surface area (Å²) in [5.41, 5.74) is 4.28. The van der Waals surface area contributed by atoms with Crippen molar-refractivity contribution in [1.29, 1.82) is 0 Å². The van der Waals surface area contributed by atoms with Crippen molar-refractivity contribution in [2.75, 3.05) is 6.61 Å². The lowest BCUT2D eigenvalue weighted by molar-refractivity contribution is 0.269. The van der Waals surface area contributed by atoms with Crippen molar-refractivity contribution in [2.24, 2.45) is 0 Å². The van der Waals surface area contributed by atoms with Gasteiger partial charge < -0.3 is 14.8 Å². The summed E-state index contributed by atoms with van der Waals surface area (Å²) >= 11 is 6.49. The molecule has 4 nitrogen and oxygen atoms in total. The maximum absolute atomic E-state index is 6.49. The van der Waals surface area contributed by atoms with Gasteiger partial charge in [-0.1, -0.05) is 47.5 Å². The number of hydrogen-bond donors (Lipinski definition) is 1. The first-order valence-corrected chi connectivity index (χ1v) is 9.77. The third-order valence-electron chi connectivity index (χ3n) is 4.28. The molecule has 0 saturated heterocycles. The molecule has 0 bridgehead atoms. The Bertz CT molecular complexity index is 883. The Morgan fingerprint density at radius 3 is 2.46 bits per heavy atom. The van der Waals surface area contributed by atoms with Crippen LogP contribution in [0.5, 0.6) is 11.5 Å². The summed E-state index contributed by atoms with van der Waals surface area (Å²) in [5, 5.41) is 4.02. The summed E-state index contributed by atoms with van der Waals surface area (Å²) < 4.78 is 11.8. The Morgan fingerprint density at radius 2 is 1.75 bits per heavy atom. The summed E-state index contributed by atoms with van der Waals surface area (Å²) in [5.74, 6) is 1.36. The molecule has 0 aliphatic heterocycles. The van der Waals surface area contributed by atoms with Crippen molar-refractivity contribution >= 4 is 11.6 Å². The second kappa shape index (κ2) is 10.1. The SMILES string of the molecule is CCOc1cc(CNCc2ccccn2)c(Cl)cc1OCc1ccc(C)cc1. The van der Waals surface area contributed by atoms with Gasteiger partial charge in [-0.15, -0.1) is 0 Å². The normalized spacial score (nSPS) is 10.7. The standard InChI is InChI=1S/C23H25ClN2O2/c1-3-27-22-12-19(14-25-15-20-6-4-5-11-26-20)21(24)13-23(22)28-16-18-9-7-17(2)8-10-18/h4-13,25H,3,14-16H2,1-2H3. The molecule has 2 aromatic carbocycles. The van der Waals surface area contributed by atoms with Crippen LogP contribution in [0.25, 0.3) is 0 Å². The molecule has 5 heteroatoms. The predicted molar refractivity (Wildman–Crippen MR) is 113 cm³/mol. The molecular weight excluding hydrogens is 372 g/mol. The van der Waals surface area contributed by atoms with Gasteiger partial charge >= 0.3 is 0 Å². The molecule has 3 rings (SSSR count). The molecular formula is C23H25ClN2O2. The molecule has 0 fully saturated rings. The molecule has 0 spiro atoms. The Morgan fingerprint density at radius 1 is 0.964 bits per heavy atom. The molecule has 0 aliphatic rings. The molecule has 1 aromatic heterocycles. The zero-order valence-corrected chi connectivity index (χ0v) is 17.0. The van der Waals surface area contributed by atoms with Gasteiger partial charge in [0.25, 0.3) is 0 Å². The van der Waals surface area contributed by atoms with Crippen LogP contribution in [0.15, 0.2) is 60.8 Å². The van der Waals surface area contributed by atoms with Crippen molar-refractivity contribution in [3.05, 3.63) is 88.2 Å². The lowest BCUT2D eigenvalue weighted by Crippen LogP contribution is -2.14. The van der Waals surface area contributed by atoms with Crippen LogP contribution in [0, 0.1) is 6.92 Å². The van der Waals surface area contributed by atoms with E-state index in [4.69, 9.17) is 21.1 Å². The van der Waals surface area contributed by atoms with E-state index in [1.807, 2.05) is 37.3 Å². The van der Waals surface area contributed by atoms with E-state index in [9.17, 15) is 0 Å². The van der Waals surface area contributed by atoms with Crippen LogP contribution in [0.2, 0.25) is 5.02 Å². The van der Waals surface area contributed by atoms with E-state index in [1.54, 1.807) is 6.20 Å². The predicted octanol–water partition coefficient (Wildman–Crippen LogP) is 5.31. The van der Waals surface area contributed by atoms with Crippen molar-refractivity contribution in [3.63, 3.8) is 0 Å². The fourth-order valence-electron chi connectivity index (χ4n) is 2.77. The van der Waals surface area contributed by atoms with Crippen LogP contribution in [0.3, 0.4) is 0 Å². The van der Waals surface area contributed by atoms with Gasteiger partial charge in [-0.3, -0.25) is 4.98 Å². The van der Waals surface area contributed by atoms with Crippen LogP contribution in [-0.4, -0.2) is 11.6 Å². The first kappa shape index (κ1) is 20.2. The fraction of sp³-hybridized carbons (Fsp3) is 0.261. The highest BCUT2D eigenvalue weighted by atomic mass is 35.5. The monoisotopic (exact) mass is 396 g/mol. The van der Waals surface area contributed by atoms with Crippen LogP contribution < -0.4 is 14.8 Å². The van der Waals surface area contributed by atoms with Gasteiger partial charge in [-0.2, -0.15) is 0 Å². The summed E-state index contributed by atoms with van der Waals surface area (Å²) in [4.78, 5) is 4.31. The minimum atomic E-state index is 0.466. The number of hydrogen-bond acceptors (Lipinski definition) is 4. The Labute approximate surface area is 171 Å². The number of benzene rings is 2. The first-order chi connectivity index (χ1) is 13.7. The maximum Gasteiger partial charge on any atom is 0.163 e. The molecule has 3 aromatic rings. The average Bonchev–Trinajstić information content (AvgIpc) is 2.71. The lowest BCUT2D eigenvalue weighted by Gasteiger charge is -2.15. The molecule has 0 radical (unpaired) electrons. The van der Waals surface area contributed by atoms with Gasteiger partial charge in [0.05, 0.1) is 12.3 Å². The van der Waals surface area contributed by atoms with Gasteiger partial charge in [0.15, 0.2) is 11.5 Å². The van der Waals surface area contributed by atoms with Crippen molar-refractivity contribution < 1.29 is 9.47 Å². The van der Waals surface area contributed by atoms with Gasteiger partial charge in [0.2, 0.25) is 0 Å². The number of nitrogens with one attached hydrogen (secondary N) is 1. The largest absolute Gasteiger partial charge is 0.490 e. The minimum absolute atomic E-state index is 0.466. The molecule has 0 aliphatic carbocycles. The molecule has 0 atom stereocenters. The highest BCUT2D eigenvalue weighted by molar-refractivity contribution is 6.31. The molecule has 0 saturated carbocycles. The summed E-state index contributed by atoms with van der Waals surface area (Å²) in [6, 6.07) is 17.9. The number of pyridine rings is 1. The molecule has 28 heavy (non-hydrogen) atoms. The number of halogens is 1. The summed E-state index contributed by atoms with van der Waals surface area (Å²) in [6.07, 6.45) is 1.79. The highest BCUT2D eigenvalue weighted by Gasteiger charge is 2.12. The minimum Gasteiger partial charge on any atom is -0.490 e. The third-order valence-corrected chi connectivity index (χ3v) is 4.63. The van der Waals surface area contributed by atoms with Crippen molar-refractivity contribution in [2.45, 2.75) is 33.5 Å². The second-order valence-corrected chi connectivity index (χ2v) is 6.93. The summed E-state index contributed by atoms with van der Waals surface area (Å²) in [6.45, 7) is 6.34. The zero-order chi connectivity index (χ0) is 19.8. The van der Waals surface area contributed by atoms with Crippen LogP contribution in [0.1, 0.15) is 29.3 Å². The van der Waals surface area contributed by atoms with E-state index >= 15 is 0 Å². The van der Waals surface area contributed by atoms with Gasteiger partial charge in [-0.25, -0.2) is 0 Å². The Kier molecular flexibility index (Phi) is 7.29. The van der Waals surface area contributed by atoms with E-state index < -0.39 is 0 Å². The Balaban J connectivity index is 1.67. The molecule has 1 N–H and O–H groups in total. The smallest absolute Gasteiger partial charge is 0.163 e. The summed E-state index contributed by atoms with van der Waals surface area (Å²) in [7, 11) is 0. The second-order valence-electron chi connectivity index (χ2n) is 6.52. The molecule has 146 valence electrons. The van der Waals surface area contributed by atoms with Crippen LogP contribution in [-0.2, 0) is 19.7 Å². The van der Waals surface area contributed by atoms with E-state index in [-0.39, 0.29) is 0 Å². The highest BCUT2D eigenvalue weighted by Crippen LogP contribution is 2.34. The third kappa shape index (κ3) is 5.72. The fourth-order valence-corrected chi connectivity index (χ4v) is 2.99. The number of nitrogens with zero attached hydrogens (tertiary/aromatic N) is 1. The van der Waals surface area contributed by atoms with Gasteiger partial charge in [-0.05, 0) is 43.2 Å². The van der Waals surface area contributed by atoms with Crippen molar-refractivity contribution in [1.82, 2.24) is 10.3 Å².